The van der Waals surface area contributed by atoms with Crippen molar-refractivity contribution < 1.29 is 28.5 Å². The standard InChI is InChI=1S/C29H35ClN2O6/c1-17-9-7-10-22(35-5)20-16-23(37-28(34)31-20)18(2)27-29(3,38-27)12-8-11-25(33)32(4)21-14-19(13-17)15-24(36-6)26(21)30/h7,9-10,14-15,18,20,22-23,27H,11,13,16H2,1-6H3,(H,31,34)/b10-7+,17-9+/t18-,20?,22-,23+,27+,29+/m1/s1. The van der Waals surface area contributed by atoms with Crippen molar-refractivity contribution >= 4 is 29.3 Å². The van der Waals surface area contributed by atoms with Crippen LogP contribution < -0.4 is 15.0 Å². The Morgan fingerprint density at radius 1 is 1.26 bits per heavy atom. The van der Waals surface area contributed by atoms with Gasteiger partial charge in [0.2, 0.25) is 5.91 Å². The highest BCUT2D eigenvalue weighted by Gasteiger charge is 2.57. The molecule has 3 heterocycles. The van der Waals surface area contributed by atoms with E-state index in [1.54, 1.807) is 21.3 Å². The number of ether oxygens (including phenoxy) is 4. The molecule has 0 saturated carbocycles. The summed E-state index contributed by atoms with van der Waals surface area (Å²) in [5.74, 6) is 6.31. The van der Waals surface area contributed by atoms with Gasteiger partial charge in [-0.2, -0.15) is 0 Å². The summed E-state index contributed by atoms with van der Waals surface area (Å²) in [7, 11) is 4.86. The minimum Gasteiger partial charge on any atom is -0.495 e. The van der Waals surface area contributed by atoms with E-state index in [0.717, 1.165) is 11.1 Å². The highest BCUT2D eigenvalue weighted by atomic mass is 35.5. The average Bonchev–Trinajstić information content (AvgIpc) is 3.56. The van der Waals surface area contributed by atoms with Gasteiger partial charge in [0.1, 0.15) is 23.0 Å². The Morgan fingerprint density at radius 2 is 2.03 bits per heavy atom. The number of amides is 2. The molecule has 8 nitrogen and oxygen atoms in total. The molecule has 0 radical (unpaired) electrons. The number of alkyl carbamates (subject to hydrolysis) is 1. The molecule has 1 N–H and O–H groups in total. The Balaban J connectivity index is 1.70. The molecule has 1 unspecified atom stereocenters. The van der Waals surface area contributed by atoms with E-state index in [-0.39, 0.29) is 42.6 Å². The molecule has 0 spiro atoms. The Hall–Kier alpha value is -2.99. The molecule has 9 heteroatoms. The van der Waals surface area contributed by atoms with Gasteiger partial charge in [-0.3, -0.25) is 4.79 Å². The van der Waals surface area contributed by atoms with Crippen LogP contribution in [0.1, 0.15) is 39.2 Å². The monoisotopic (exact) mass is 542 g/mol. The van der Waals surface area contributed by atoms with E-state index in [4.69, 9.17) is 30.5 Å². The summed E-state index contributed by atoms with van der Waals surface area (Å²) in [4.78, 5) is 26.9. The number of hydrogen-bond donors (Lipinski definition) is 1. The van der Waals surface area contributed by atoms with Gasteiger partial charge in [-0.1, -0.05) is 54.2 Å². The molecule has 0 aromatic heterocycles. The van der Waals surface area contributed by atoms with Gasteiger partial charge in [-0.25, -0.2) is 4.79 Å². The van der Waals surface area contributed by atoms with Gasteiger partial charge < -0.3 is 29.2 Å². The van der Waals surface area contributed by atoms with E-state index in [9.17, 15) is 9.59 Å². The molecule has 38 heavy (non-hydrogen) atoms. The van der Waals surface area contributed by atoms with Crippen LogP contribution in [0.25, 0.3) is 0 Å². The molecular weight excluding hydrogens is 508 g/mol. The lowest BCUT2D eigenvalue weighted by Crippen LogP contribution is -2.53. The molecule has 2 amide bonds. The third-order valence-electron chi connectivity index (χ3n) is 7.41. The largest absolute Gasteiger partial charge is 0.495 e. The van der Waals surface area contributed by atoms with Gasteiger partial charge in [-0.05, 0) is 38.0 Å². The number of fused-ring (bicyclic) bond motifs is 5. The topological polar surface area (TPSA) is 89.6 Å². The van der Waals surface area contributed by atoms with E-state index in [1.165, 1.54) is 4.90 Å². The number of carbonyl (C=O) groups is 2. The van der Waals surface area contributed by atoms with Crippen LogP contribution in [0.5, 0.6) is 5.75 Å². The zero-order valence-electron chi connectivity index (χ0n) is 22.7. The first-order valence-corrected chi connectivity index (χ1v) is 13.1. The molecule has 2 saturated heterocycles. The molecule has 2 fully saturated rings. The Morgan fingerprint density at radius 3 is 2.74 bits per heavy atom. The van der Waals surface area contributed by atoms with Crippen LogP contribution in [0, 0.1) is 17.8 Å². The number of anilines is 1. The lowest BCUT2D eigenvalue weighted by Gasteiger charge is -2.35. The van der Waals surface area contributed by atoms with Crippen LogP contribution in [0.2, 0.25) is 5.02 Å². The van der Waals surface area contributed by atoms with Crippen molar-refractivity contribution in [3.8, 4) is 17.6 Å². The fourth-order valence-electron chi connectivity index (χ4n) is 5.12. The minimum absolute atomic E-state index is 0.00305. The molecule has 6 atom stereocenters. The predicted octanol–water partition coefficient (Wildman–Crippen LogP) is 4.44. The normalized spacial score (nSPS) is 33.8. The number of rotatable bonds is 2. The zero-order valence-corrected chi connectivity index (χ0v) is 23.4. The molecule has 204 valence electrons. The fourth-order valence-corrected chi connectivity index (χ4v) is 5.43. The molecule has 4 bridgehead atoms. The number of methoxy groups -OCH3 is 2. The minimum atomic E-state index is -0.713. The second-order valence-electron chi connectivity index (χ2n) is 10.3. The lowest BCUT2D eigenvalue weighted by molar-refractivity contribution is -0.117. The van der Waals surface area contributed by atoms with Gasteiger partial charge in [0.25, 0.3) is 0 Å². The van der Waals surface area contributed by atoms with E-state index < -0.39 is 11.7 Å². The molecule has 1 aromatic rings. The van der Waals surface area contributed by atoms with Gasteiger partial charge in [-0.15, -0.1) is 0 Å². The number of nitrogens with one attached hydrogen (secondary N) is 1. The smallest absolute Gasteiger partial charge is 0.407 e. The predicted molar refractivity (Wildman–Crippen MR) is 145 cm³/mol. The third kappa shape index (κ3) is 6.01. The number of benzene rings is 1. The van der Waals surface area contributed by atoms with Gasteiger partial charge >= 0.3 is 6.09 Å². The van der Waals surface area contributed by atoms with E-state index in [2.05, 4.69) is 17.2 Å². The molecule has 4 rings (SSSR count). The van der Waals surface area contributed by atoms with Crippen molar-refractivity contribution in [3.63, 3.8) is 0 Å². The quantitative estimate of drug-likeness (QED) is 0.439. The Bertz CT molecular complexity index is 1220. The summed E-state index contributed by atoms with van der Waals surface area (Å²) in [6, 6.07) is 3.52. The average molecular weight is 543 g/mol. The van der Waals surface area contributed by atoms with Gasteiger partial charge in [0.15, 0.2) is 5.60 Å². The van der Waals surface area contributed by atoms with Crippen LogP contribution in [-0.2, 0) is 25.4 Å². The van der Waals surface area contributed by atoms with Crippen LogP contribution in [0.3, 0.4) is 0 Å². The first-order valence-electron chi connectivity index (χ1n) is 12.7. The molecule has 1 aromatic carbocycles. The summed E-state index contributed by atoms with van der Waals surface area (Å²) >= 11 is 6.58. The second kappa shape index (κ2) is 11.4. The summed E-state index contributed by atoms with van der Waals surface area (Å²) in [5, 5.41) is 3.26. The van der Waals surface area contributed by atoms with Gasteiger partial charge in [0, 0.05) is 26.5 Å². The number of hydrogen-bond acceptors (Lipinski definition) is 6. The zero-order chi connectivity index (χ0) is 27.6. The van der Waals surface area contributed by atoms with Crippen molar-refractivity contribution in [2.24, 2.45) is 5.92 Å². The summed E-state index contributed by atoms with van der Waals surface area (Å²) in [5.41, 5.74) is 1.87. The number of nitrogens with zero attached hydrogens (tertiary/aromatic N) is 1. The van der Waals surface area contributed by atoms with Crippen molar-refractivity contribution in [2.75, 3.05) is 26.2 Å². The highest BCUT2D eigenvalue weighted by molar-refractivity contribution is 6.35. The molecule has 3 aliphatic heterocycles. The maximum absolute atomic E-state index is 13.0. The van der Waals surface area contributed by atoms with E-state index >= 15 is 0 Å². The first kappa shape index (κ1) is 28.0. The van der Waals surface area contributed by atoms with Crippen LogP contribution in [0.15, 0.2) is 35.9 Å². The lowest BCUT2D eigenvalue weighted by atomic mass is 9.87. The van der Waals surface area contributed by atoms with Crippen molar-refractivity contribution in [1.82, 2.24) is 5.32 Å². The molecule has 3 aliphatic rings. The number of epoxide rings is 1. The van der Waals surface area contributed by atoms with Crippen LogP contribution in [0.4, 0.5) is 10.5 Å². The third-order valence-corrected chi connectivity index (χ3v) is 7.79. The number of allylic oxidation sites excluding steroid dienone is 3. The Kier molecular flexibility index (Phi) is 8.41. The number of carbonyl (C=O) groups excluding carboxylic acids is 2. The van der Waals surface area contributed by atoms with E-state index in [1.807, 2.05) is 51.1 Å². The molecule has 0 aliphatic carbocycles. The van der Waals surface area contributed by atoms with Crippen LogP contribution >= 0.6 is 11.6 Å². The highest BCUT2D eigenvalue weighted by Crippen LogP contribution is 2.44. The van der Waals surface area contributed by atoms with Crippen molar-refractivity contribution in [1.29, 1.82) is 0 Å². The van der Waals surface area contributed by atoms with Crippen LogP contribution in [-0.4, -0.2) is 63.2 Å². The van der Waals surface area contributed by atoms with Crippen molar-refractivity contribution in [2.45, 2.75) is 70.0 Å². The fraction of sp³-hybridized carbons (Fsp3) is 0.517. The summed E-state index contributed by atoms with van der Waals surface area (Å²) in [6.07, 6.45) is 5.67. The van der Waals surface area contributed by atoms with Gasteiger partial charge in [0.05, 0.1) is 31.4 Å². The first-order chi connectivity index (χ1) is 18.1. The Labute approximate surface area is 229 Å². The van der Waals surface area contributed by atoms with E-state index in [0.29, 0.717) is 29.3 Å². The second-order valence-corrected chi connectivity index (χ2v) is 10.7. The SMILES string of the molecule is COc1cc2cc(c1Cl)N(C)C(=O)CC#C[C@]1(C)O[C@H]1[C@H](C)[C@@H]1CC(NC(=O)O1)[C@H](OC)/C=C/C=C(\C)C2. The molecular formula is C29H35ClN2O6. The maximum Gasteiger partial charge on any atom is 0.407 e. The number of halogens is 1. The maximum atomic E-state index is 13.0. The summed E-state index contributed by atoms with van der Waals surface area (Å²) < 4.78 is 22.8. The summed E-state index contributed by atoms with van der Waals surface area (Å²) in [6.45, 7) is 5.90. The van der Waals surface area contributed by atoms with Crippen molar-refractivity contribution in [3.05, 3.63) is 46.5 Å².